The Morgan fingerprint density at radius 1 is 1.00 bits per heavy atom. The van der Waals surface area contributed by atoms with Crippen LogP contribution in [0.15, 0.2) is 11.1 Å². The molecule has 0 fully saturated rings. The maximum Gasteiger partial charge on any atom is 0.412 e. The van der Waals surface area contributed by atoms with Crippen LogP contribution in [0.1, 0.15) is 41.0 Å². The summed E-state index contributed by atoms with van der Waals surface area (Å²) in [5.74, 6) is 0. The first-order chi connectivity index (χ1) is 5.63. The first kappa shape index (κ1) is 12.5. The highest BCUT2D eigenvalue weighted by Gasteiger charge is 2.34. The standard InChI is InChI=1S/C10H17F3/c1-6-9(4,5)7(2)8(3)10(11,12)13/h6H2,1-5H3/b8-7+. The fourth-order valence-electron chi connectivity index (χ4n) is 0.985. The molecule has 0 aromatic carbocycles. The van der Waals surface area contributed by atoms with Gasteiger partial charge in [0, 0.05) is 5.57 Å². The molecule has 0 saturated heterocycles. The van der Waals surface area contributed by atoms with Gasteiger partial charge in [-0.3, -0.25) is 0 Å². The van der Waals surface area contributed by atoms with Crippen molar-refractivity contribution in [2.45, 2.75) is 47.2 Å². The molecule has 0 aromatic heterocycles. The van der Waals surface area contributed by atoms with Gasteiger partial charge in [-0.1, -0.05) is 26.3 Å². The van der Waals surface area contributed by atoms with Gasteiger partial charge in [-0.05, 0) is 25.7 Å². The maximum atomic E-state index is 12.3. The van der Waals surface area contributed by atoms with Gasteiger partial charge in [-0.2, -0.15) is 13.2 Å². The van der Waals surface area contributed by atoms with E-state index in [0.29, 0.717) is 12.0 Å². The van der Waals surface area contributed by atoms with Crippen LogP contribution in [0.25, 0.3) is 0 Å². The highest BCUT2D eigenvalue weighted by atomic mass is 19.4. The second-order valence-corrected chi connectivity index (χ2v) is 3.99. The molecular weight excluding hydrogens is 177 g/mol. The van der Waals surface area contributed by atoms with E-state index >= 15 is 0 Å². The molecule has 0 amide bonds. The molecule has 0 unspecified atom stereocenters. The Morgan fingerprint density at radius 3 is 1.62 bits per heavy atom. The van der Waals surface area contributed by atoms with Crippen molar-refractivity contribution in [2.75, 3.05) is 0 Å². The quantitative estimate of drug-likeness (QED) is 0.574. The molecule has 0 aliphatic heterocycles. The molecule has 0 spiro atoms. The zero-order valence-corrected chi connectivity index (χ0v) is 8.84. The predicted molar refractivity (Wildman–Crippen MR) is 48.5 cm³/mol. The smallest absolute Gasteiger partial charge is 0.166 e. The zero-order valence-electron chi connectivity index (χ0n) is 8.84. The Hall–Kier alpha value is -0.470. The molecule has 0 aliphatic rings. The molecule has 0 N–H and O–H groups in total. The van der Waals surface area contributed by atoms with Gasteiger partial charge in [0.2, 0.25) is 0 Å². The van der Waals surface area contributed by atoms with Crippen LogP contribution in [0, 0.1) is 5.41 Å². The number of halogens is 3. The lowest BCUT2D eigenvalue weighted by molar-refractivity contribution is -0.0930. The number of alkyl halides is 3. The van der Waals surface area contributed by atoms with Crippen LogP contribution in [0.5, 0.6) is 0 Å². The van der Waals surface area contributed by atoms with Crippen LogP contribution in [0.2, 0.25) is 0 Å². The Bertz CT molecular complexity index is 209. The third-order valence-electron chi connectivity index (χ3n) is 2.89. The molecule has 0 nitrogen and oxygen atoms in total. The highest BCUT2D eigenvalue weighted by Crippen LogP contribution is 2.37. The summed E-state index contributed by atoms with van der Waals surface area (Å²) < 4.78 is 36.9. The summed E-state index contributed by atoms with van der Waals surface area (Å²) in [7, 11) is 0. The van der Waals surface area contributed by atoms with Crippen LogP contribution in [-0.4, -0.2) is 6.18 Å². The van der Waals surface area contributed by atoms with E-state index in [9.17, 15) is 13.2 Å². The molecule has 0 aromatic rings. The minimum atomic E-state index is -4.18. The molecule has 0 radical (unpaired) electrons. The van der Waals surface area contributed by atoms with E-state index in [-0.39, 0.29) is 5.41 Å². The van der Waals surface area contributed by atoms with Crippen molar-refractivity contribution < 1.29 is 13.2 Å². The van der Waals surface area contributed by atoms with E-state index in [1.54, 1.807) is 6.92 Å². The lowest BCUT2D eigenvalue weighted by Gasteiger charge is -2.27. The highest BCUT2D eigenvalue weighted by molar-refractivity contribution is 5.20. The monoisotopic (exact) mass is 194 g/mol. The summed E-state index contributed by atoms with van der Waals surface area (Å²) >= 11 is 0. The average molecular weight is 194 g/mol. The van der Waals surface area contributed by atoms with Crippen molar-refractivity contribution in [3.05, 3.63) is 11.1 Å². The minimum absolute atomic E-state index is 0.362. The number of hydrogen-bond donors (Lipinski definition) is 0. The van der Waals surface area contributed by atoms with Crippen molar-refractivity contribution in [1.82, 2.24) is 0 Å². The van der Waals surface area contributed by atoms with Gasteiger partial charge in [-0.25, -0.2) is 0 Å². The van der Waals surface area contributed by atoms with E-state index in [1.807, 2.05) is 20.8 Å². The normalized spacial score (nSPS) is 15.7. The number of allylic oxidation sites excluding steroid dienone is 2. The zero-order chi connectivity index (χ0) is 10.9. The number of rotatable bonds is 2. The van der Waals surface area contributed by atoms with Crippen LogP contribution in [0.3, 0.4) is 0 Å². The van der Waals surface area contributed by atoms with E-state index in [4.69, 9.17) is 0 Å². The summed E-state index contributed by atoms with van der Waals surface area (Å²) in [6.07, 6.45) is -3.47. The molecule has 0 saturated carbocycles. The molecule has 0 atom stereocenters. The van der Waals surface area contributed by atoms with Gasteiger partial charge in [-0.15, -0.1) is 0 Å². The summed E-state index contributed by atoms with van der Waals surface area (Å²) in [6, 6.07) is 0. The molecule has 0 heterocycles. The van der Waals surface area contributed by atoms with Crippen LogP contribution < -0.4 is 0 Å². The SMILES string of the molecule is CCC(C)(C)/C(C)=C(\C)C(F)(F)F. The Balaban J connectivity index is 5.04. The second kappa shape index (κ2) is 3.72. The van der Waals surface area contributed by atoms with Crippen LogP contribution >= 0.6 is 0 Å². The molecular formula is C10H17F3. The summed E-state index contributed by atoms with van der Waals surface area (Å²) in [4.78, 5) is 0. The largest absolute Gasteiger partial charge is 0.412 e. The third-order valence-corrected chi connectivity index (χ3v) is 2.89. The predicted octanol–water partition coefficient (Wildman–Crippen LogP) is 4.32. The first-order valence-electron chi connectivity index (χ1n) is 4.38. The van der Waals surface area contributed by atoms with E-state index in [1.165, 1.54) is 0 Å². The lowest BCUT2D eigenvalue weighted by Crippen LogP contribution is -2.19. The maximum absolute atomic E-state index is 12.3. The molecule has 3 heteroatoms. The van der Waals surface area contributed by atoms with Crippen molar-refractivity contribution in [2.24, 2.45) is 5.41 Å². The molecule has 0 aliphatic carbocycles. The third kappa shape index (κ3) is 3.05. The fourth-order valence-corrected chi connectivity index (χ4v) is 0.985. The van der Waals surface area contributed by atoms with Gasteiger partial charge in [0.15, 0.2) is 0 Å². The van der Waals surface area contributed by atoms with E-state index in [2.05, 4.69) is 0 Å². The molecule has 13 heavy (non-hydrogen) atoms. The van der Waals surface area contributed by atoms with E-state index < -0.39 is 11.7 Å². The van der Waals surface area contributed by atoms with Gasteiger partial charge in [0.25, 0.3) is 0 Å². The average Bonchev–Trinajstić information content (AvgIpc) is 2.00. The summed E-state index contributed by atoms with van der Waals surface area (Å²) in [6.45, 7) is 8.27. The lowest BCUT2D eigenvalue weighted by atomic mass is 9.80. The van der Waals surface area contributed by atoms with Crippen molar-refractivity contribution in [3.63, 3.8) is 0 Å². The minimum Gasteiger partial charge on any atom is -0.166 e. The van der Waals surface area contributed by atoms with Crippen LogP contribution in [-0.2, 0) is 0 Å². The first-order valence-corrected chi connectivity index (χ1v) is 4.38. The molecule has 78 valence electrons. The van der Waals surface area contributed by atoms with Gasteiger partial charge in [0.1, 0.15) is 0 Å². The number of hydrogen-bond acceptors (Lipinski definition) is 0. The second-order valence-electron chi connectivity index (χ2n) is 3.99. The van der Waals surface area contributed by atoms with Crippen molar-refractivity contribution in [1.29, 1.82) is 0 Å². The van der Waals surface area contributed by atoms with Crippen molar-refractivity contribution >= 4 is 0 Å². The van der Waals surface area contributed by atoms with Crippen LogP contribution in [0.4, 0.5) is 13.2 Å². The van der Waals surface area contributed by atoms with Gasteiger partial charge < -0.3 is 0 Å². The Kier molecular flexibility index (Phi) is 3.59. The van der Waals surface area contributed by atoms with Gasteiger partial charge in [0.05, 0.1) is 0 Å². The summed E-state index contributed by atoms with van der Waals surface area (Å²) in [5.41, 5.74) is -0.388. The van der Waals surface area contributed by atoms with Gasteiger partial charge >= 0.3 is 6.18 Å². The topological polar surface area (TPSA) is 0 Å². The van der Waals surface area contributed by atoms with E-state index in [0.717, 1.165) is 6.92 Å². The molecule has 0 rings (SSSR count). The fraction of sp³-hybridized carbons (Fsp3) is 0.800. The summed E-state index contributed by atoms with van der Waals surface area (Å²) in [5, 5.41) is 0. The van der Waals surface area contributed by atoms with Crippen molar-refractivity contribution in [3.8, 4) is 0 Å². The Labute approximate surface area is 77.8 Å². The Morgan fingerprint density at radius 2 is 1.38 bits per heavy atom. The molecule has 0 bridgehead atoms.